The smallest absolute Gasteiger partial charge is 0.263 e. The molecule has 0 fully saturated rings. The Morgan fingerprint density at radius 2 is 1.73 bits per heavy atom. The first kappa shape index (κ1) is 17.8. The molecule has 1 amide bonds. The number of carbonyl (C=O) groups excluding carboxylic acids is 2. The van der Waals surface area contributed by atoms with Crippen LogP contribution < -0.4 is 10.6 Å². The Balaban J connectivity index is 1.87. The number of nitrogens with one attached hydrogen (secondary N) is 2. The predicted molar refractivity (Wildman–Crippen MR) is 101 cm³/mol. The second-order valence-electron chi connectivity index (χ2n) is 5.74. The Hall–Kier alpha value is -2.99. The van der Waals surface area contributed by atoms with Gasteiger partial charge < -0.3 is 10.6 Å². The molecule has 0 bridgehead atoms. The zero-order chi connectivity index (χ0) is 18.5. The number of ketones is 1. The largest absolute Gasteiger partial charge is 0.356 e. The van der Waals surface area contributed by atoms with E-state index < -0.39 is 17.9 Å². The lowest BCUT2D eigenvalue weighted by Crippen LogP contribution is -2.46. The zero-order valence-corrected chi connectivity index (χ0v) is 14.8. The third-order valence-corrected chi connectivity index (χ3v) is 4.66. The van der Waals surface area contributed by atoms with Gasteiger partial charge in [-0.05, 0) is 30.5 Å². The van der Waals surface area contributed by atoms with Gasteiger partial charge in [0, 0.05) is 5.56 Å². The van der Waals surface area contributed by atoms with E-state index in [1.54, 1.807) is 41.8 Å². The molecule has 0 aliphatic carbocycles. The molecule has 6 heteroatoms. The van der Waals surface area contributed by atoms with E-state index in [9.17, 15) is 14.0 Å². The van der Waals surface area contributed by atoms with Crippen molar-refractivity contribution in [3.8, 4) is 0 Å². The van der Waals surface area contributed by atoms with Crippen molar-refractivity contribution in [2.75, 3.05) is 5.32 Å². The number of hydrogen-bond donors (Lipinski definition) is 2. The van der Waals surface area contributed by atoms with Crippen molar-refractivity contribution in [1.29, 1.82) is 0 Å². The van der Waals surface area contributed by atoms with Gasteiger partial charge in [-0.25, -0.2) is 4.39 Å². The summed E-state index contributed by atoms with van der Waals surface area (Å²) in [6, 6.07) is 16.4. The van der Waals surface area contributed by atoms with E-state index in [1.807, 2.05) is 19.1 Å². The minimum atomic E-state index is -1.09. The topological polar surface area (TPSA) is 58.2 Å². The van der Waals surface area contributed by atoms with E-state index in [0.29, 0.717) is 10.4 Å². The molecule has 0 saturated carbocycles. The van der Waals surface area contributed by atoms with E-state index in [1.165, 1.54) is 23.5 Å². The highest BCUT2D eigenvalue weighted by atomic mass is 32.1. The van der Waals surface area contributed by atoms with Crippen LogP contribution in [0.2, 0.25) is 0 Å². The first-order valence-corrected chi connectivity index (χ1v) is 8.89. The number of anilines is 1. The van der Waals surface area contributed by atoms with Crippen molar-refractivity contribution >= 4 is 28.7 Å². The lowest BCUT2D eigenvalue weighted by molar-refractivity contribution is 0.0871. The number of Topliss-reactive ketones (excluding diaryl/α,β-unsaturated/α-hetero) is 1. The van der Waals surface area contributed by atoms with Crippen molar-refractivity contribution in [1.82, 2.24) is 5.32 Å². The average Bonchev–Trinajstić information content (AvgIpc) is 3.18. The zero-order valence-electron chi connectivity index (χ0n) is 14.0. The highest BCUT2D eigenvalue weighted by Gasteiger charge is 2.24. The molecule has 0 unspecified atom stereocenters. The molecule has 0 aliphatic heterocycles. The molecular weight excluding hydrogens is 351 g/mol. The van der Waals surface area contributed by atoms with Gasteiger partial charge in [0.05, 0.1) is 10.6 Å². The molecule has 1 atom stereocenters. The van der Waals surface area contributed by atoms with Gasteiger partial charge in [0.2, 0.25) is 5.78 Å². The Labute approximate surface area is 154 Å². The summed E-state index contributed by atoms with van der Waals surface area (Å²) in [6.07, 6.45) is -1.09. The average molecular weight is 368 g/mol. The van der Waals surface area contributed by atoms with E-state index in [0.717, 1.165) is 5.56 Å². The van der Waals surface area contributed by atoms with Gasteiger partial charge in [-0.2, -0.15) is 0 Å². The van der Waals surface area contributed by atoms with Crippen LogP contribution >= 0.6 is 11.3 Å². The van der Waals surface area contributed by atoms with Crippen LogP contribution in [-0.4, -0.2) is 17.9 Å². The first-order valence-electron chi connectivity index (χ1n) is 8.01. The molecule has 4 nitrogen and oxygen atoms in total. The number of amides is 1. The molecule has 132 valence electrons. The summed E-state index contributed by atoms with van der Waals surface area (Å²) >= 11 is 1.27. The number of para-hydroxylation sites is 1. The highest BCUT2D eigenvalue weighted by molar-refractivity contribution is 7.12. The van der Waals surface area contributed by atoms with Gasteiger partial charge in [0.1, 0.15) is 5.82 Å². The van der Waals surface area contributed by atoms with Crippen LogP contribution in [0.25, 0.3) is 0 Å². The molecule has 26 heavy (non-hydrogen) atoms. The lowest BCUT2D eigenvalue weighted by Gasteiger charge is -2.20. The van der Waals surface area contributed by atoms with Crippen LogP contribution in [0.3, 0.4) is 0 Å². The minimum Gasteiger partial charge on any atom is -0.356 e. The minimum absolute atomic E-state index is 0.143. The maximum Gasteiger partial charge on any atom is 0.263 e. The van der Waals surface area contributed by atoms with Crippen LogP contribution in [-0.2, 0) is 0 Å². The third-order valence-electron chi connectivity index (χ3n) is 3.79. The monoisotopic (exact) mass is 368 g/mol. The van der Waals surface area contributed by atoms with Crippen LogP contribution in [0.5, 0.6) is 0 Å². The number of thiophene rings is 1. The van der Waals surface area contributed by atoms with Crippen molar-refractivity contribution in [3.63, 3.8) is 0 Å². The molecular formula is C20H17FN2O2S. The van der Waals surface area contributed by atoms with E-state index in [4.69, 9.17) is 0 Å². The van der Waals surface area contributed by atoms with E-state index in [2.05, 4.69) is 10.6 Å². The second kappa shape index (κ2) is 7.93. The van der Waals surface area contributed by atoms with Gasteiger partial charge in [0.15, 0.2) is 6.17 Å². The molecule has 0 saturated heterocycles. The highest BCUT2D eigenvalue weighted by Crippen LogP contribution is 2.16. The summed E-state index contributed by atoms with van der Waals surface area (Å²) in [4.78, 5) is 25.7. The van der Waals surface area contributed by atoms with Crippen molar-refractivity contribution < 1.29 is 14.0 Å². The lowest BCUT2D eigenvalue weighted by atomic mass is 10.1. The quantitative estimate of drug-likeness (QED) is 0.505. The number of rotatable bonds is 6. The third kappa shape index (κ3) is 4.15. The summed E-state index contributed by atoms with van der Waals surface area (Å²) in [6.45, 7) is 1.92. The standard InChI is InChI=1S/C20H17FN2O2S/c1-13-8-10-14(11-9-13)18(24)19(22-16-6-3-2-5-15(16)21)23-20(25)17-7-4-12-26-17/h2-12,19,22H,1H3,(H,23,25)/t19-/m1/s1. The number of benzene rings is 2. The maximum atomic E-state index is 14.0. The van der Waals surface area contributed by atoms with Gasteiger partial charge in [0.25, 0.3) is 5.91 Å². The molecule has 3 aromatic rings. The molecule has 0 spiro atoms. The fraction of sp³-hybridized carbons (Fsp3) is 0.100. The Kier molecular flexibility index (Phi) is 5.43. The van der Waals surface area contributed by atoms with Crippen molar-refractivity contribution in [2.45, 2.75) is 13.1 Å². The maximum absolute atomic E-state index is 14.0. The SMILES string of the molecule is Cc1ccc(C(=O)[C@@H](NC(=O)c2cccs2)Nc2ccccc2F)cc1. The number of hydrogen-bond acceptors (Lipinski definition) is 4. The molecule has 1 aromatic heterocycles. The molecule has 1 heterocycles. The number of halogens is 1. The molecule has 2 N–H and O–H groups in total. The van der Waals surface area contributed by atoms with Crippen LogP contribution in [0.15, 0.2) is 66.0 Å². The summed E-state index contributed by atoms with van der Waals surface area (Å²) in [5.41, 5.74) is 1.59. The molecule has 0 aliphatic rings. The summed E-state index contributed by atoms with van der Waals surface area (Å²) in [5, 5.41) is 7.23. The number of carbonyl (C=O) groups is 2. The normalized spacial score (nSPS) is 11.6. The summed E-state index contributed by atoms with van der Waals surface area (Å²) in [5.74, 6) is -1.24. The fourth-order valence-corrected chi connectivity index (χ4v) is 3.02. The molecule has 0 radical (unpaired) electrons. The Morgan fingerprint density at radius 3 is 2.38 bits per heavy atom. The number of aryl methyl sites for hydroxylation is 1. The Morgan fingerprint density at radius 1 is 1.00 bits per heavy atom. The van der Waals surface area contributed by atoms with Gasteiger partial charge in [-0.3, -0.25) is 9.59 Å². The Bertz CT molecular complexity index is 908. The van der Waals surface area contributed by atoms with Gasteiger partial charge in [-0.1, -0.05) is 48.0 Å². The van der Waals surface area contributed by atoms with Crippen molar-refractivity contribution in [2.24, 2.45) is 0 Å². The van der Waals surface area contributed by atoms with E-state index in [-0.39, 0.29) is 11.5 Å². The van der Waals surface area contributed by atoms with Gasteiger partial charge >= 0.3 is 0 Å². The fourth-order valence-electron chi connectivity index (χ4n) is 2.40. The predicted octanol–water partition coefficient (Wildman–Crippen LogP) is 4.25. The van der Waals surface area contributed by atoms with Crippen molar-refractivity contribution in [3.05, 3.63) is 87.9 Å². The first-order chi connectivity index (χ1) is 12.5. The molecule has 2 aromatic carbocycles. The van der Waals surface area contributed by atoms with Crippen LogP contribution in [0.4, 0.5) is 10.1 Å². The molecule has 3 rings (SSSR count). The van der Waals surface area contributed by atoms with Gasteiger partial charge in [-0.15, -0.1) is 11.3 Å². The second-order valence-corrected chi connectivity index (χ2v) is 6.69. The van der Waals surface area contributed by atoms with Crippen LogP contribution in [0.1, 0.15) is 25.6 Å². The van der Waals surface area contributed by atoms with Crippen LogP contribution in [0, 0.1) is 12.7 Å². The summed E-state index contributed by atoms with van der Waals surface area (Å²) < 4.78 is 14.0. The summed E-state index contributed by atoms with van der Waals surface area (Å²) in [7, 11) is 0. The van der Waals surface area contributed by atoms with E-state index >= 15 is 0 Å².